The molecule has 1 aliphatic rings. The van der Waals surface area contributed by atoms with Crippen molar-refractivity contribution in [3.63, 3.8) is 0 Å². The minimum Gasteiger partial charge on any atom is -0.344 e. The third kappa shape index (κ3) is 2.29. The molecular formula is C14H22N2O. The summed E-state index contributed by atoms with van der Waals surface area (Å²) in [5, 5.41) is 0. The van der Waals surface area contributed by atoms with Crippen LogP contribution in [0.5, 0.6) is 0 Å². The number of carbonyl (C=O) groups is 1. The molecule has 0 saturated heterocycles. The van der Waals surface area contributed by atoms with Crippen LogP contribution in [0.1, 0.15) is 47.6 Å². The Balaban J connectivity index is 2.37. The number of hydrogen-bond donors (Lipinski definition) is 0. The Bertz CT molecular complexity index is 432. The van der Waals surface area contributed by atoms with Crippen molar-refractivity contribution in [3.8, 4) is 0 Å². The van der Waals surface area contributed by atoms with Crippen LogP contribution in [0, 0.1) is 6.92 Å². The van der Waals surface area contributed by atoms with Crippen LogP contribution in [0.2, 0.25) is 0 Å². The monoisotopic (exact) mass is 234 g/mol. The summed E-state index contributed by atoms with van der Waals surface area (Å²) in [6.07, 6.45) is 2.77. The van der Waals surface area contributed by atoms with Crippen molar-refractivity contribution >= 4 is 5.78 Å². The van der Waals surface area contributed by atoms with Crippen LogP contribution < -0.4 is 0 Å². The average molecular weight is 234 g/mol. The molecule has 3 nitrogen and oxygen atoms in total. The van der Waals surface area contributed by atoms with E-state index in [9.17, 15) is 4.79 Å². The predicted octanol–water partition coefficient (Wildman–Crippen LogP) is 2.44. The fourth-order valence-corrected chi connectivity index (χ4v) is 2.98. The molecule has 3 heteroatoms. The quantitative estimate of drug-likeness (QED) is 0.802. The lowest BCUT2D eigenvalue weighted by Crippen LogP contribution is -2.25. The van der Waals surface area contributed by atoms with Gasteiger partial charge in [0.15, 0.2) is 5.78 Å². The predicted molar refractivity (Wildman–Crippen MR) is 69.7 cm³/mol. The number of fused-ring (bicyclic) bond motifs is 1. The Kier molecular flexibility index (Phi) is 3.38. The van der Waals surface area contributed by atoms with Crippen LogP contribution in [0.15, 0.2) is 6.07 Å². The van der Waals surface area contributed by atoms with Crippen molar-refractivity contribution in [3.05, 3.63) is 23.0 Å². The molecule has 0 amide bonds. The van der Waals surface area contributed by atoms with Gasteiger partial charge in [-0.25, -0.2) is 0 Å². The molecule has 0 bridgehead atoms. The zero-order valence-electron chi connectivity index (χ0n) is 11.3. The second kappa shape index (κ2) is 4.65. The smallest absolute Gasteiger partial charge is 0.164 e. The van der Waals surface area contributed by atoms with E-state index in [4.69, 9.17) is 0 Å². The van der Waals surface area contributed by atoms with E-state index in [-0.39, 0.29) is 0 Å². The fraction of sp³-hybridized carbons (Fsp3) is 0.643. The number of nitrogens with zero attached hydrogens (tertiary/aromatic N) is 2. The number of carbonyl (C=O) groups excluding carboxylic acids is 1. The minimum absolute atomic E-state index is 0.324. The van der Waals surface area contributed by atoms with Gasteiger partial charge in [0.25, 0.3) is 0 Å². The first kappa shape index (κ1) is 12.4. The van der Waals surface area contributed by atoms with Gasteiger partial charge in [0, 0.05) is 36.0 Å². The van der Waals surface area contributed by atoms with Crippen LogP contribution in [-0.2, 0) is 6.42 Å². The van der Waals surface area contributed by atoms with Gasteiger partial charge in [-0.15, -0.1) is 0 Å². The lowest BCUT2D eigenvalue weighted by atomic mass is 9.96. The summed E-state index contributed by atoms with van der Waals surface area (Å²) in [6, 6.07) is 2.50. The van der Waals surface area contributed by atoms with Crippen LogP contribution in [0.25, 0.3) is 0 Å². The van der Waals surface area contributed by atoms with E-state index in [0.29, 0.717) is 11.8 Å². The highest BCUT2D eigenvalue weighted by atomic mass is 16.1. The number of likely N-dealkylation sites (N-methyl/N-ethyl adjacent to an activating group) is 1. The summed E-state index contributed by atoms with van der Waals surface area (Å²) < 4.78 is 2.35. The summed E-state index contributed by atoms with van der Waals surface area (Å²) in [4.78, 5) is 14.1. The SMILES string of the molecule is Cc1cc2c(n1C(C)CN(C)C)CCCC2=O. The van der Waals surface area contributed by atoms with E-state index >= 15 is 0 Å². The highest BCUT2D eigenvalue weighted by molar-refractivity contribution is 5.98. The highest BCUT2D eigenvalue weighted by Gasteiger charge is 2.24. The molecule has 17 heavy (non-hydrogen) atoms. The molecule has 0 spiro atoms. The third-order valence-electron chi connectivity index (χ3n) is 3.52. The molecule has 2 rings (SSSR count). The van der Waals surface area contributed by atoms with Crippen LogP contribution in [0.4, 0.5) is 0 Å². The molecule has 0 radical (unpaired) electrons. The van der Waals surface area contributed by atoms with E-state index in [1.807, 2.05) is 0 Å². The van der Waals surface area contributed by atoms with E-state index in [2.05, 4.69) is 43.5 Å². The van der Waals surface area contributed by atoms with Crippen molar-refractivity contribution in [2.24, 2.45) is 0 Å². The van der Waals surface area contributed by atoms with Gasteiger partial charge < -0.3 is 9.47 Å². The van der Waals surface area contributed by atoms with Gasteiger partial charge in [0.1, 0.15) is 0 Å². The van der Waals surface area contributed by atoms with Gasteiger partial charge in [-0.05, 0) is 46.9 Å². The lowest BCUT2D eigenvalue weighted by Gasteiger charge is -2.24. The van der Waals surface area contributed by atoms with Crippen molar-refractivity contribution < 1.29 is 4.79 Å². The molecule has 94 valence electrons. The van der Waals surface area contributed by atoms with Crippen molar-refractivity contribution in [2.75, 3.05) is 20.6 Å². The molecule has 0 saturated carbocycles. The molecule has 1 heterocycles. The Labute approximate surface area is 103 Å². The van der Waals surface area contributed by atoms with E-state index < -0.39 is 0 Å². The zero-order chi connectivity index (χ0) is 12.6. The van der Waals surface area contributed by atoms with Gasteiger partial charge in [-0.1, -0.05) is 0 Å². The molecule has 1 unspecified atom stereocenters. The normalized spacial score (nSPS) is 17.4. The fourth-order valence-electron chi connectivity index (χ4n) is 2.98. The molecule has 0 N–H and O–H groups in total. The largest absolute Gasteiger partial charge is 0.344 e. The first-order valence-electron chi connectivity index (χ1n) is 6.39. The van der Waals surface area contributed by atoms with Gasteiger partial charge >= 0.3 is 0 Å². The summed E-state index contributed by atoms with van der Waals surface area (Å²) in [5.74, 6) is 0.324. The van der Waals surface area contributed by atoms with Gasteiger partial charge in [0.05, 0.1) is 0 Å². The molecule has 1 aromatic rings. The number of ketones is 1. The summed E-state index contributed by atoms with van der Waals surface area (Å²) in [7, 11) is 4.18. The van der Waals surface area contributed by atoms with Crippen LogP contribution in [-0.4, -0.2) is 35.9 Å². The molecule has 1 atom stereocenters. The molecular weight excluding hydrogens is 212 g/mol. The van der Waals surface area contributed by atoms with E-state index in [1.165, 1.54) is 11.4 Å². The zero-order valence-corrected chi connectivity index (χ0v) is 11.3. The van der Waals surface area contributed by atoms with Crippen LogP contribution in [0.3, 0.4) is 0 Å². The van der Waals surface area contributed by atoms with Gasteiger partial charge in [-0.3, -0.25) is 4.79 Å². The molecule has 1 aromatic heterocycles. The Hall–Kier alpha value is -1.09. The van der Waals surface area contributed by atoms with E-state index in [0.717, 1.165) is 31.4 Å². The van der Waals surface area contributed by atoms with Gasteiger partial charge in [-0.2, -0.15) is 0 Å². The lowest BCUT2D eigenvalue weighted by molar-refractivity contribution is 0.0971. The number of aryl methyl sites for hydroxylation is 1. The minimum atomic E-state index is 0.324. The van der Waals surface area contributed by atoms with E-state index in [1.54, 1.807) is 0 Å². The van der Waals surface area contributed by atoms with Crippen molar-refractivity contribution in [1.29, 1.82) is 0 Å². The summed E-state index contributed by atoms with van der Waals surface area (Å²) in [6.45, 7) is 5.35. The number of Topliss-reactive ketones (excluding diaryl/α,β-unsaturated/α-hetero) is 1. The first-order chi connectivity index (χ1) is 8.00. The third-order valence-corrected chi connectivity index (χ3v) is 3.52. The summed E-state index contributed by atoms with van der Waals surface area (Å²) >= 11 is 0. The maximum absolute atomic E-state index is 11.9. The second-order valence-electron chi connectivity index (χ2n) is 5.40. The molecule has 0 fully saturated rings. The molecule has 0 aromatic carbocycles. The highest BCUT2D eigenvalue weighted by Crippen LogP contribution is 2.28. The average Bonchev–Trinajstić information content (AvgIpc) is 2.55. The number of hydrogen-bond acceptors (Lipinski definition) is 2. The Morgan fingerprint density at radius 2 is 2.12 bits per heavy atom. The summed E-state index contributed by atoms with van der Waals surface area (Å²) in [5.41, 5.74) is 3.45. The Morgan fingerprint density at radius 3 is 2.76 bits per heavy atom. The molecule has 0 aliphatic heterocycles. The number of aromatic nitrogens is 1. The van der Waals surface area contributed by atoms with Gasteiger partial charge in [0.2, 0.25) is 0 Å². The number of rotatable bonds is 3. The van der Waals surface area contributed by atoms with Crippen molar-refractivity contribution in [2.45, 2.75) is 39.2 Å². The maximum atomic E-state index is 11.9. The Morgan fingerprint density at radius 1 is 1.41 bits per heavy atom. The van der Waals surface area contributed by atoms with Crippen molar-refractivity contribution in [1.82, 2.24) is 9.47 Å². The second-order valence-corrected chi connectivity index (χ2v) is 5.40. The molecule has 1 aliphatic carbocycles. The maximum Gasteiger partial charge on any atom is 0.164 e. The standard InChI is InChI=1S/C14H22N2O/c1-10-8-12-13(6-5-7-14(12)17)16(10)11(2)9-15(3)4/h8,11H,5-7,9H2,1-4H3. The first-order valence-corrected chi connectivity index (χ1v) is 6.39. The van der Waals surface area contributed by atoms with Crippen LogP contribution >= 0.6 is 0 Å². The topological polar surface area (TPSA) is 25.2 Å².